The van der Waals surface area contributed by atoms with Gasteiger partial charge in [0.1, 0.15) is 0 Å². The minimum absolute atomic E-state index is 0.0774. The first-order valence-corrected chi connectivity index (χ1v) is 7.98. The molecule has 0 aliphatic carbocycles. The third kappa shape index (κ3) is 3.74. The van der Waals surface area contributed by atoms with Gasteiger partial charge in [0.2, 0.25) is 0 Å². The second kappa shape index (κ2) is 6.91. The van der Waals surface area contributed by atoms with Gasteiger partial charge in [-0.05, 0) is 66.5 Å². The molecule has 1 heteroatoms. The zero-order valence-electron chi connectivity index (χ0n) is 13.7. The predicted molar refractivity (Wildman–Crippen MR) is 91.7 cm³/mol. The Balaban J connectivity index is 2.26. The van der Waals surface area contributed by atoms with Crippen LogP contribution in [0.1, 0.15) is 53.3 Å². The Morgan fingerprint density at radius 1 is 0.857 bits per heavy atom. The summed E-state index contributed by atoms with van der Waals surface area (Å²) in [5.41, 5.74) is 14.6. The van der Waals surface area contributed by atoms with Crippen LogP contribution >= 0.6 is 0 Å². The summed E-state index contributed by atoms with van der Waals surface area (Å²) in [7, 11) is 0. The molecule has 2 aromatic rings. The third-order valence-corrected chi connectivity index (χ3v) is 4.43. The topological polar surface area (TPSA) is 26.0 Å². The zero-order valence-corrected chi connectivity index (χ0v) is 13.7. The van der Waals surface area contributed by atoms with Crippen LogP contribution in [0.25, 0.3) is 0 Å². The van der Waals surface area contributed by atoms with Crippen molar-refractivity contribution in [1.29, 1.82) is 0 Å². The Bertz CT molecular complexity index is 613. The second-order valence-corrected chi connectivity index (χ2v) is 5.97. The normalized spacial score (nSPS) is 12.4. The first-order chi connectivity index (χ1) is 10.0. The zero-order chi connectivity index (χ0) is 15.4. The lowest BCUT2D eigenvalue weighted by Gasteiger charge is -2.18. The molecule has 1 nitrogen and oxygen atoms in total. The maximum absolute atomic E-state index is 6.52. The smallest absolute Gasteiger partial charge is 0.0338 e. The average molecular weight is 281 g/mol. The molecule has 2 rings (SSSR count). The fraction of sp³-hybridized carbons (Fsp3) is 0.400. The van der Waals surface area contributed by atoms with E-state index in [1.54, 1.807) is 0 Å². The number of benzene rings is 2. The molecule has 0 aliphatic heterocycles. The Morgan fingerprint density at radius 3 is 2.19 bits per heavy atom. The van der Waals surface area contributed by atoms with Crippen molar-refractivity contribution in [2.45, 2.75) is 53.0 Å². The molecule has 112 valence electrons. The van der Waals surface area contributed by atoms with Crippen molar-refractivity contribution < 1.29 is 0 Å². The fourth-order valence-corrected chi connectivity index (χ4v) is 2.83. The molecule has 0 aliphatic rings. The highest BCUT2D eigenvalue weighted by atomic mass is 14.6. The molecule has 0 bridgehead atoms. The van der Waals surface area contributed by atoms with Crippen LogP contribution in [0.4, 0.5) is 0 Å². The summed E-state index contributed by atoms with van der Waals surface area (Å²) in [4.78, 5) is 0. The van der Waals surface area contributed by atoms with E-state index in [1.165, 1.54) is 33.4 Å². The molecule has 2 N–H and O–H groups in total. The molecule has 0 radical (unpaired) electrons. The maximum atomic E-state index is 6.52. The van der Waals surface area contributed by atoms with Crippen LogP contribution in [0.2, 0.25) is 0 Å². The van der Waals surface area contributed by atoms with Crippen molar-refractivity contribution in [3.8, 4) is 0 Å². The lowest BCUT2D eigenvalue weighted by molar-refractivity contribution is 0.710. The summed E-state index contributed by atoms with van der Waals surface area (Å²) in [5.74, 6) is 0. The van der Waals surface area contributed by atoms with Crippen molar-refractivity contribution >= 4 is 0 Å². The molecule has 0 amide bonds. The van der Waals surface area contributed by atoms with Crippen LogP contribution in [0, 0.1) is 13.8 Å². The van der Waals surface area contributed by atoms with Gasteiger partial charge in [0.05, 0.1) is 0 Å². The van der Waals surface area contributed by atoms with Gasteiger partial charge in [0, 0.05) is 6.04 Å². The molecule has 1 unspecified atom stereocenters. The van der Waals surface area contributed by atoms with Gasteiger partial charge in [0.15, 0.2) is 0 Å². The summed E-state index contributed by atoms with van der Waals surface area (Å²) in [5, 5.41) is 0. The van der Waals surface area contributed by atoms with Gasteiger partial charge in [-0.3, -0.25) is 0 Å². The molecular formula is C20H27N. The Kier molecular flexibility index (Phi) is 5.19. The molecule has 21 heavy (non-hydrogen) atoms. The number of nitrogens with two attached hydrogens (primary N) is 1. The van der Waals surface area contributed by atoms with E-state index in [-0.39, 0.29) is 6.04 Å². The van der Waals surface area contributed by atoms with Gasteiger partial charge in [-0.15, -0.1) is 0 Å². The number of hydrogen-bond donors (Lipinski definition) is 1. The van der Waals surface area contributed by atoms with E-state index in [0.29, 0.717) is 0 Å². The monoisotopic (exact) mass is 281 g/mol. The summed E-state index contributed by atoms with van der Waals surface area (Å²) in [6.45, 7) is 8.71. The first-order valence-electron chi connectivity index (χ1n) is 7.98. The quantitative estimate of drug-likeness (QED) is 0.846. The molecule has 2 aromatic carbocycles. The van der Waals surface area contributed by atoms with Gasteiger partial charge in [-0.1, -0.05) is 50.2 Å². The Hall–Kier alpha value is -1.60. The molecule has 0 saturated heterocycles. The van der Waals surface area contributed by atoms with Crippen molar-refractivity contribution in [2.75, 3.05) is 0 Å². The summed E-state index contributed by atoms with van der Waals surface area (Å²) in [6.07, 6.45) is 3.01. The molecule has 1 atom stereocenters. The van der Waals surface area contributed by atoms with Crippen molar-refractivity contribution in [1.82, 2.24) is 0 Å². The SMILES string of the molecule is CCc1ccc(CC)c(C(N)Cc2ccc(C)c(C)c2)c1. The maximum Gasteiger partial charge on any atom is 0.0338 e. The van der Waals surface area contributed by atoms with Crippen LogP contribution in [0.15, 0.2) is 36.4 Å². The summed E-state index contributed by atoms with van der Waals surface area (Å²) in [6, 6.07) is 13.5. The van der Waals surface area contributed by atoms with Crippen LogP contribution in [-0.2, 0) is 19.3 Å². The van der Waals surface area contributed by atoms with E-state index in [9.17, 15) is 0 Å². The van der Waals surface area contributed by atoms with Gasteiger partial charge in [0.25, 0.3) is 0 Å². The lowest BCUT2D eigenvalue weighted by Crippen LogP contribution is -2.16. The molecule has 0 heterocycles. The third-order valence-electron chi connectivity index (χ3n) is 4.43. The molecule has 0 spiro atoms. The molecule has 0 aromatic heterocycles. The average Bonchev–Trinajstić information content (AvgIpc) is 2.50. The van der Waals surface area contributed by atoms with Crippen LogP contribution < -0.4 is 5.73 Å². The largest absolute Gasteiger partial charge is 0.324 e. The second-order valence-electron chi connectivity index (χ2n) is 5.97. The van der Waals surface area contributed by atoms with E-state index in [0.717, 1.165) is 19.3 Å². The van der Waals surface area contributed by atoms with Gasteiger partial charge in [-0.25, -0.2) is 0 Å². The minimum Gasteiger partial charge on any atom is -0.324 e. The minimum atomic E-state index is 0.0774. The standard InChI is InChI=1S/C20H27N/c1-5-16-9-10-18(6-2)19(12-16)20(21)13-17-8-7-14(3)15(4)11-17/h7-12,20H,5-6,13,21H2,1-4H3. The molecule has 0 saturated carbocycles. The predicted octanol–water partition coefficient (Wildman–Crippen LogP) is 4.67. The van der Waals surface area contributed by atoms with Crippen molar-refractivity contribution in [3.63, 3.8) is 0 Å². The van der Waals surface area contributed by atoms with Crippen molar-refractivity contribution in [3.05, 3.63) is 69.8 Å². The highest BCUT2D eigenvalue weighted by Crippen LogP contribution is 2.23. The summed E-state index contributed by atoms with van der Waals surface area (Å²) < 4.78 is 0. The van der Waals surface area contributed by atoms with Crippen LogP contribution in [0.3, 0.4) is 0 Å². The van der Waals surface area contributed by atoms with Gasteiger partial charge < -0.3 is 5.73 Å². The number of hydrogen-bond acceptors (Lipinski definition) is 1. The van der Waals surface area contributed by atoms with E-state index in [4.69, 9.17) is 5.73 Å². The number of aryl methyl sites for hydroxylation is 4. The van der Waals surface area contributed by atoms with Crippen LogP contribution in [-0.4, -0.2) is 0 Å². The van der Waals surface area contributed by atoms with E-state index in [1.807, 2.05) is 0 Å². The number of rotatable bonds is 5. The first kappa shape index (κ1) is 15.8. The van der Waals surface area contributed by atoms with E-state index >= 15 is 0 Å². The highest BCUT2D eigenvalue weighted by Gasteiger charge is 2.12. The summed E-state index contributed by atoms with van der Waals surface area (Å²) >= 11 is 0. The molecular weight excluding hydrogens is 254 g/mol. The van der Waals surface area contributed by atoms with E-state index in [2.05, 4.69) is 64.1 Å². The Labute approximate surface area is 129 Å². The van der Waals surface area contributed by atoms with Crippen LogP contribution in [0.5, 0.6) is 0 Å². The fourth-order valence-electron chi connectivity index (χ4n) is 2.83. The highest BCUT2D eigenvalue weighted by molar-refractivity contribution is 5.37. The Morgan fingerprint density at radius 2 is 1.57 bits per heavy atom. The molecule has 0 fully saturated rings. The van der Waals surface area contributed by atoms with E-state index < -0.39 is 0 Å². The lowest BCUT2D eigenvalue weighted by atomic mass is 9.91. The van der Waals surface area contributed by atoms with Gasteiger partial charge >= 0.3 is 0 Å². The van der Waals surface area contributed by atoms with Crippen molar-refractivity contribution in [2.24, 2.45) is 5.73 Å². The van der Waals surface area contributed by atoms with Gasteiger partial charge in [-0.2, -0.15) is 0 Å².